The van der Waals surface area contributed by atoms with Gasteiger partial charge >= 0.3 is 0 Å². The molecule has 3 aliphatic rings. The Morgan fingerprint density at radius 1 is 0.974 bits per heavy atom. The molecule has 5 atom stereocenters. The molecule has 0 spiro atoms. The SMILES string of the molecule is Cc1ccc(NS(=O)(=O)C2C=CC(N3CCN(C(C)C)CC3)(N3CC(C)NC(C)C3C)c3ccccc32)cc1. The van der Waals surface area contributed by atoms with Gasteiger partial charge in [0.15, 0.2) is 0 Å². The van der Waals surface area contributed by atoms with Crippen LogP contribution >= 0.6 is 0 Å². The number of anilines is 1. The van der Waals surface area contributed by atoms with Gasteiger partial charge in [0.1, 0.15) is 10.9 Å². The van der Waals surface area contributed by atoms with E-state index in [1.54, 1.807) is 0 Å². The van der Waals surface area contributed by atoms with Crippen LogP contribution < -0.4 is 10.0 Å². The highest BCUT2D eigenvalue weighted by atomic mass is 32.2. The number of benzene rings is 2. The highest BCUT2D eigenvalue weighted by Crippen LogP contribution is 2.47. The maximum absolute atomic E-state index is 13.8. The third-order valence-electron chi connectivity index (χ3n) is 9.01. The molecule has 5 rings (SSSR count). The summed E-state index contributed by atoms with van der Waals surface area (Å²) in [4.78, 5) is 7.75. The van der Waals surface area contributed by atoms with Gasteiger partial charge in [-0.25, -0.2) is 8.42 Å². The van der Waals surface area contributed by atoms with E-state index in [4.69, 9.17) is 0 Å². The van der Waals surface area contributed by atoms with Crippen molar-refractivity contribution in [1.82, 2.24) is 20.0 Å². The lowest BCUT2D eigenvalue weighted by atomic mass is 9.82. The maximum atomic E-state index is 13.8. The third-order valence-corrected chi connectivity index (χ3v) is 10.6. The molecule has 2 aliphatic heterocycles. The number of aryl methyl sites for hydroxylation is 1. The van der Waals surface area contributed by atoms with Crippen molar-refractivity contribution in [3.63, 3.8) is 0 Å². The number of rotatable bonds is 6. The lowest BCUT2D eigenvalue weighted by Gasteiger charge is -2.59. The molecular formula is C31H45N5O2S. The zero-order valence-corrected chi connectivity index (χ0v) is 25.1. The molecule has 39 heavy (non-hydrogen) atoms. The van der Waals surface area contributed by atoms with E-state index in [0.29, 0.717) is 23.8 Å². The fraction of sp³-hybridized carbons (Fsp3) is 0.548. The smallest absolute Gasteiger partial charge is 0.243 e. The van der Waals surface area contributed by atoms with E-state index in [-0.39, 0.29) is 6.04 Å². The predicted molar refractivity (Wildman–Crippen MR) is 160 cm³/mol. The van der Waals surface area contributed by atoms with E-state index in [1.807, 2.05) is 49.4 Å². The van der Waals surface area contributed by atoms with E-state index in [0.717, 1.165) is 49.4 Å². The molecule has 0 saturated carbocycles. The van der Waals surface area contributed by atoms with Gasteiger partial charge < -0.3 is 5.32 Å². The molecular weight excluding hydrogens is 506 g/mol. The topological polar surface area (TPSA) is 67.9 Å². The number of hydrogen-bond acceptors (Lipinski definition) is 6. The molecule has 2 N–H and O–H groups in total. The Morgan fingerprint density at radius 3 is 2.31 bits per heavy atom. The molecule has 2 saturated heterocycles. The van der Waals surface area contributed by atoms with E-state index in [1.165, 1.54) is 0 Å². The number of nitrogens with one attached hydrogen (secondary N) is 2. The summed E-state index contributed by atoms with van der Waals surface area (Å²) in [6, 6.07) is 17.1. The van der Waals surface area contributed by atoms with Gasteiger partial charge in [0, 0.05) is 62.6 Å². The van der Waals surface area contributed by atoms with Crippen molar-refractivity contribution in [3.8, 4) is 0 Å². The monoisotopic (exact) mass is 551 g/mol. The van der Waals surface area contributed by atoms with Gasteiger partial charge in [-0.05, 0) is 70.9 Å². The van der Waals surface area contributed by atoms with Gasteiger partial charge in [0.25, 0.3) is 0 Å². The zero-order chi connectivity index (χ0) is 27.9. The summed E-state index contributed by atoms with van der Waals surface area (Å²) >= 11 is 0. The molecule has 0 amide bonds. The van der Waals surface area contributed by atoms with E-state index in [2.05, 4.69) is 77.6 Å². The van der Waals surface area contributed by atoms with Gasteiger partial charge in [-0.1, -0.05) is 48.0 Å². The minimum Gasteiger partial charge on any atom is -0.309 e. The molecule has 8 heteroatoms. The average Bonchev–Trinajstić information content (AvgIpc) is 2.91. The van der Waals surface area contributed by atoms with Crippen molar-refractivity contribution in [2.24, 2.45) is 0 Å². The second kappa shape index (κ2) is 11.0. The van der Waals surface area contributed by atoms with Crippen LogP contribution in [0.25, 0.3) is 0 Å². The first-order valence-corrected chi connectivity index (χ1v) is 16.0. The fourth-order valence-corrected chi connectivity index (χ4v) is 8.14. The van der Waals surface area contributed by atoms with Crippen molar-refractivity contribution in [1.29, 1.82) is 0 Å². The lowest BCUT2D eigenvalue weighted by molar-refractivity contribution is -0.0951. The van der Waals surface area contributed by atoms with E-state index >= 15 is 0 Å². The Balaban J connectivity index is 1.59. The first kappa shape index (κ1) is 28.3. The number of fused-ring (bicyclic) bond motifs is 1. The average molecular weight is 552 g/mol. The van der Waals surface area contributed by atoms with Gasteiger partial charge in [0.2, 0.25) is 10.0 Å². The number of piperazine rings is 2. The first-order chi connectivity index (χ1) is 18.5. The van der Waals surface area contributed by atoms with Crippen molar-refractivity contribution >= 4 is 15.7 Å². The quantitative estimate of drug-likeness (QED) is 0.522. The Morgan fingerprint density at radius 2 is 1.64 bits per heavy atom. The van der Waals surface area contributed by atoms with Crippen LogP contribution in [0.2, 0.25) is 0 Å². The summed E-state index contributed by atoms with van der Waals surface area (Å²) in [5.74, 6) is 0. The van der Waals surface area contributed by atoms with Crippen LogP contribution in [-0.4, -0.2) is 80.0 Å². The fourth-order valence-electron chi connectivity index (χ4n) is 6.72. The molecule has 5 unspecified atom stereocenters. The molecule has 2 aromatic carbocycles. The summed E-state index contributed by atoms with van der Waals surface area (Å²) in [6.45, 7) is 18.1. The van der Waals surface area contributed by atoms with Crippen LogP contribution in [0.15, 0.2) is 60.7 Å². The van der Waals surface area contributed by atoms with Crippen LogP contribution in [0.4, 0.5) is 5.69 Å². The molecule has 7 nitrogen and oxygen atoms in total. The highest BCUT2D eigenvalue weighted by molar-refractivity contribution is 7.93. The largest absolute Gasteiger partial charge is 0.309 e. The molecule has 0 bridgehead atoms. The van der Waals surface area contributed by atoms with Crippen molar-refractivity contribution < 1.29 is 8.42 Å². The summed E-state index contributed by atoms with van der Waals surface area (Å²) in [7, 11) is -3.72. The van der Waals surface area contributed by atoms with E-state index in [9.17, 15) is 8.42 Å². The summed E-state index contributed by atoms with van der Waals surface area (Å²) in [6.07, 6.45) is 4.15. The van der Waals surface area contributed by atoms with Crippen LogP contribution in [-0.2, 0) is 15.7 Å². The maximum Gasteiger partial charge on any atom is 0.243 e. The molecule has 212 valence electrons. The molecule has 2 aromatic rings. The Kier molecular flexibility index (Phi) is 7.97. The summed E-state index contributed by atoms with van der Waals surface area (Å²) in [5.41, 5.74) is 3.11. The van der Waals surface area contributed by atoms with Crippen LogP contribution in [0.1, 0.15) is 56.6 Å². The molecule has 0 radical (unpaired) electrons. The number of hydrogen-bond donors (Lipinski definition) is 2. The van der Waals surface area contributed by atoms with Crippen LogP contribution in [0.3, 0.4) is 0 Å². The zero-order valence-electron chi connectivity index (χ0n) is 24.3. The first-order valence-electron chi connectivity index (χ1n) is 14.4. The van der Waals surface area contributed by atoms with Gasteiger partial charge in [0.05, 0.1) is 0 Å². The number of sulfonamides is 1. The van der Waals surface area contributed by atoms with Crippen molar-refractivity contribution in [2.45, 2.75) is 76.6 Å². The standard InChI is InChI=1S/C31H45N5O2S/c1-22(2)34-17-19-35(20-18-34)31(36-21-24(4)32-25(5)26(36)6)16-15-30(28-9-7-8-10-29(28)31)39(37,38)33-27-13-11-23(3)12-14-27/h7-16,22,24-26,30,32-33H,17-21H2,1-6H3. The Hall–Kier alpha value is -2.23. The minimum absolute atomic E-state index is 0.265. The lowest BCUT2D eigenvalue weighted by Crippen LogP contribution is -2.71. The summed E-state index contributed by atoms with van der Waals surface area (Å²) in [5, 5.41) is 2.96. The molecule has 2 fully saturated rings. The normalized spacial score (nSPS) is 30.8. The summed E-state index contributed by atoms with van der Waals surface area (Å²) < 4.78 is 30.6. The minimum atomic E-state index is -3.72. The third kappa shape index (κ3) is 5.30. The van der Waals surface area contributed by atoms with E-state index < -0.39 is 20.9 Å². The second-order valence-electron chi connectivity index (χ2n) is 12.0. The predicted octanol–water partition coefficient (Wildman–Crippen LogP) is 4.30. The second-order valence-corrected chi connectivity index (χ2v) is 13.8. The molecule has 1 aliphatic carbocycles. The van der Waals surface area contributed by atoms with Crippen molar-refractivity contribution in [3.05, 3.63) is 77.4 Å². The van der Waals surface area contributed by atoms with Crippen LogP contribution in [0.5, 0.6) is 0 Å². The van der Waals surface area contributed by atoms with Gasteiger partial charge in [-0.3, -0.25) is 19.4 Å². The van der Waals surface area contributed by atoms with Crippen molar-refractivity contribution in [2.75, 3.05) is 37.4 Å². The Bertz CT molecular complexity index is 1290. The Labute approximate surface area is 235 Å². The van der Waals surface area contributed by atoms with Crippen LogP contribution in [0, 0.1) is 6.92 Å². The number of nitrogens with zero attached hydrogens (tertiary/aromatic N) is 3. The highest BCUT2D eigenvalue weighted by Gasteiger charge is 2.51. The molecule has 2 heterocycles. The molecule has 0 aromatic heterocycles. The van der Waals surface area contributed by atoms with Gasteiger partial charge in [-0.15, -0.1) is 0 Å². The van der Waals surface area contributed by atoms with Gasteiger partial charge in [-0.2, -0.15) is 0 Å².